The average Bonchev–Trinajstić information content (AvgIpc) is 2.25. The molecular weight excluding hydrogens is 363 g/mol. The van der Waals surface area contributed by atoms with Gasteiger partial charge in [-0.1, -0.05) is 22.6 Å². The molecule has 1 saturated heterocycles. The number of ether oxygens (including phenoxy) is 1. The average molecular weight is 384 g/mol. The molecular formula is C12H21IN2O4. The molecule has 0 spiro atoms. The highest BCUT2D eigenvalue weighted by Gasteiger charge is 2.34. The van der Waals surface area contributed by atoms with Crippen LogP contribution in [0.25, 0.3) is 0 Å². The van der Waals surface area contributed by atoms with Gasteiger partial charge in [-0.2, -0.15) is 0 Å². The quantitative estimate of drug-likeness (QED) is 0.419. The predicted octanol–water partition coefficient (Wildman–Crippen LogP) is 1.21. The van der Waals surface area contributed by atoms with Crippen LogP contribution in [0.1, 0.15) is 27.7 Å². The molecule has 6 nitrogen and oxygen atoms in total. The lowest BCUT2D eigenvalue weighted by atomic mass is 10.2. The molecule has 19 heavy (non-hydrogen) atoms. The zero-order chi connectivity index (χ0) is 14.8. The lowest BCUT2D eigenvalue weighted by molar-refractivity contribution is -0.141. The van der Waals surface area contributed by atoms with Crippen molar-refractivity contribution in [3.05, 3.63) is 0 Å². The predicted molar refractivity (Wildman–Crippen MR) is 79.0 cm³/mol. The molecule has 0 aromatic heterocycles. The first-order valence-corrected chi connectivity index (χ1v) is 7.47. The molecule has 1 heterocycles. The molecule has 0 aromatic rings. The van der Waals surface area contributed by atoms with E-state index in [1.165, 1.54) is 6.92 Å². The van der Waals surface area contributed by atoms with Crippen LogP contribution in [0.15, 0.2) is 0 Å². The van der Waals surface area contributed by atoms with Gasteiger partial charge in [-0.15, -0.1) is 0 Å². The zero-order valence-corrected chi connectivity index (χ0v) is 13.9. The van der Waals surface area contributed by atoms with Crippen LogP contribution in [-0.4, -0.2) is 62.3 Å². The Morgan fingerprint density at radius 2 is 1.95 bits per heavy atom. The second-order valence-electron chi connectivity index (χ2n) is 5.57. The number of halogens is 1. The van der Waals surface area contributed by atoms with Gasteiger partial charge in [0.1, 0.15) is 15.8 Å². The van der Waals surface area contributed by atoms with Crippen LogP contribution in [0.2, 0.25) is 0 Å². The first-order valence-electron chi connectivity index (χ1n) is 6.22. The highest BCUT2D eigenvalue weighted by atomic mass is 127. The van der Waals surface area contributed by atoms with E-state index in [1.54, 1.807) is 9.80 Å². The Bertz CT molecular complexity index is 354. The van der Waals surface area contributed by atoms with Crippen molar-refractivity contribution in [3.63, 3.8) is 0 Å². The third-order valence-corrected chi connectivity index (χ3v) is 3.68. The standard InChI is InChI=1S/C12H21IN2O4/c1-8(16)10(17)14-5-6-15(9(13)7-14)11(18)19-12(2,3)4/h8-9,16H,5-7H2,1-4H3. The Morgan fingerprint density at radius 1 is 1.37 bits per heavy atom. The molecule has 0 saturated carbocycles. The highest BCUT2D eigenvalue weighted by Crippen LogP contribution is 2.20. The van der Waals surface area contributed by atoms with Crippen LogP contribution in [-0.2, 0) is 9.53 Å². The number of carbonyl (C=O) groups is 2. The van der Waals surface area contributed by atoms with Gasteiger partial charge in [0.2, 0.25) is 0 Å². The maximum Gasteiger partial charge on any atom is 0.411 e. The molecule has 1 rings (SSSR count). The van der Waals surface area contributed by atoms with Gasteiger partial charge in [-0.25, -0.2) is 4.79 Å². The summed E-state index contributed by atoms with van der Waals surface area (Å²) in [6.45, 7) is 8.15. The smallest absolute Gasteiger partial charge is 0.411 e. The van der Waals surface area contributed by atoms with Crippen LogP contribution in [0.5, 0.6) is 0 Å². The minimum atomic E-state index is -1.00. The van der Waals surface area contributed by atoms with Crippen molar-refractivity contribution in [2.45, 2.75) is 43.4 Å². The summed E-state index contributed by atoms with van der Waals surface area (Å²) in [6, 6.07) is 0. The molecule has 0 aromatic carbocycles. The third kappa shape index (κ3) is 4.79. The number of hydrogen-bond acceptors (Lipinski definition) is 4. The molecule has 1 N–H and O–H groups in total. The number of aliphatic hydroxyl groups excluding tert-OH is 1. The lowest BCUT2D eigenvalue weighted by Gasteiger charge is -2.39. The molecule has 2 unspecified atom stereocenters. The minimum absolute atomic E-state index is 0.149. The second-order valence-corrected chi connectivity index (χ2v) is 7.01. The van der Waals surface area contributed by atoms with E-state index in [0.29, 0.717) is 19.6 Å². The van der Waals surface area contributed by atoms with Crippen molar-refractivity contribution >= 4 is 34.6 Å². The van der Waals surface area contributed by atoms with E-state index in [9.17, 15) is 14.7 Å². The van der Waals surface area contributed by atoms with E-state index in [1.807, 2.05) is 20.8 Å². The fraction of sp³-hybridized carbons (Fsp3) is 0.833. The summed E-state index contributed by atoms with van der Waals surface area (Å²) in [4.78, 5) is 26.8. The molecule has 1 fully saturated rings. The van der Waals surface area contributed by atoms with Crippen LogP contribution in [0.3, 0.4) is 0 Å². The zero-order valence-electron chi connectivity index (χ0n) is 11.7. The summed E-state index contributed by atoms with van der Waals surface area (Å²) >= 11 is 2.11. The molecule has 110 valence electrons. The van der Waals surface area contributed by atoms with Crippen molar-refractivity contribution in [2.24, 2.45) is 0 Å². The molecule has 0 radical (unpaired) electrons. The molecule has 2 atom stereocenters. The number of piperazine rings is 1. The Kier molecular flexibility index (Phi) is 5.43. The van der Waals surface area contributed by atoms with Gasteiger partial charge in [0.15, 0.2) is 0 Å². The second kappa shape index (κ2) is 6.25. The number of nitrogens with zero attached hydrogens (tertiary/aromatic N) is 2. The van der Waals surface area contributed by atoms with Crippen LogP contribution in [0.4, 0.5) is 4.79 Å². The number of hydrogen-bond donors (Lipinski definition) is 1. The molecule has 0 bridgehead atoms. The van der Waals surface area contributed by atoms with Gasteiger partial charge in [0, 0.05) is 13.1 Å². The summed E-state index contributed by atoms with van der Waals surface area (Å²) in [5.74, 6) is -0.300. The van der Waals surface area contributed by atoms with E-state index in [0.717, 1.165) is 0 Å². The SMILES string of the molecule is CC(O)C(=O)N1CCN(C(=O)OC(C)(C)C)C(I)C1. The Hall–Kier alpha value is -0.570. The van der Waals surface area contributed by atoms with Crippen LogP contribution < -0.4 is 0 Å². The van der Waals surface area contributed by atoms with E-state index in [-0.39, 0.29) is 16.0 Å². The Labute approximate surface area is 127 Å². The van der Waals surface area contributed by atoms with Gasteiger partial charge >= 0.3 is 6.09 Å². The number of amides is 2. The van der Waals surface area contributed by atoms with Crippen LogP contribution in [0, 0.1) is 0 Å². The first kappa shape index (κ1) is 16.5. The van der Waals surface area contributed by atoms with E-state index < -0.39 is 11.7 Å². The summed E-state index contributed by atoms with van der Waals surface area (Å²) in [6.07, 6.45) is -1.37. The third-order valence-electron chi connectivity index (χ3n) is 2.62. The summed E-state index contributed by atoms with van der Waals surface area (Å²) in [7, 11) is 0. The van der Waals surface area contributed by atoms with Crippen molar-refractivity contribution in [2.75, 3.05) is 19.6 Å². The van der Waals surface area contributed by atoms with E-state index in [2.05, 4.69) is 22.6 Å². The van der Waals surface area contributed by atoms with Gasteiger partial charge in [-0.3, -0.25) is 9.69 Å². The number of aliphatic hydroxyl groups is 1. The molecule has 1 aliphatic heterocycles. The monoisotopic (exact) mass is 384 g/mol. The maximum atomic E-state index is 12.0. The molecule has 1 aliphatic rings. The van der Waals surface area contributed by atoms with Crippen molar-refractivity contribution < 1.29 is 19.4 Å². The normalized spacial score (nSPS) is 22.1. The molecule has 0 aliphatic carbocycles. The summed E-state index contributed by atoms with van der Waals surface area (Å²) < 4.78 is 5.17. The van der Waals surface area contributed by atoms with Gasteiger partial charge in [0.25, 0.3) is 5.91 Å². The maximum absolute atomic E-state index is 12.0. The fourth-order valence-electron chi connectivity index (χ4n) is 1.73. The van der Waals surface area contributed by atoms with E-state index >= 15 is 0 Å². The number of alkyl halides is 1. The van der Waals surface area contributed by atoms with Crippen molar-refractivity contribution in [1.29, 1.82) is 0 Å². The fourth-order valence-corrected chi connectivity index (χ4v) is 2.71. The number of rotatable bonds is 1. The lowest BCUT2D eigenvalue weighted by Crippen LogP contribution is -2.56. The van der Waals surface area contributed by atoms with Crippen molar-refractivity contribution in [3.8, 4) is 0 Å². The van der Waals surface area contributed by atoms with E-state index in [4.69, 9.17) is 4.74 Å². The van der Waals surface area contributed by atoms with Gasteiger partial charge in [-0.05, 0) is 27.7 Å². The first-order chi connectivity index (χ1) is 8.61. The number of carbonyl (C=O) groups excluding carboxylic acids is 2. The highest BCUT2D eigenvalue weighted by molar-refractivity contribution is 14.1. The van der Waals surface area contributed by atoms with Gasteiger partial charge in [0.05, 0.1) is 6.54 Å². The molecule has 2 amide bonds. The van der Waals surface area contributed by atoms with Crippen molar-refractivity contribution in [1.82, 2.24) is 9.80 Å². The van der Waals surface area contributed by atoms with Crippen LogP contribution >= 0.6 is 22.6 Å². The van der Waals surface area contributed by atoms with Gasteiger partial charge < -0.3 is 14.7 Å². The topological polar surface area (TPSA) is 70.1 Å². The largest absolute Gasteiger partial charge is 0.444 e. The Morgan fingerprint density at radius 3 is 2.37 bits per heavy atom. The Balaban J connectivity index is 2.60. The minimum Gasteiger partial charge on any atom is -0.444 e. The summed E-state index contributed by atoms with van der Waals surface area (Å²) in [5, 5.41) is 9.29. The molecule has 7 heteroatoms. The summed E-state index contributed by atoms with van der Waals surface area (Å²) in [5.41, 5.74) is -0.528.